The van der Waals surface area contributed by atoms with Crippen molar-refractivity contribution in [3.63, 3.8) is 0 Å². The molecule has 148 valence electrons. The molecule has 0 bridgehead atoms. The van der Waals surface area contributed by atoms with Gasteiger partial charge in [-0.2, -0.15) is 5.06 Å². The van der Waals surface area contributed by atoms with Crippen molar-refractivity contribution in [2.75, 3.05) is 13.6 Å². The van der Waals surface area contributed by atoms with E-state index >= 15 is 0 Å². The molecule has 1 saturated carbocycles. The van der Waals surface area contributed by atoms with Gasteiger partial charge >= 0.3 is 0 Å². The summed E-state index contributed by atoms with van der Waals surface area (Å²) in [5, 5.41) is 2.10. The van der Waals surface area contributed by atoms with Crippen LogP contribution in [0.15, 0.2) is 30.3 Å². The largest absolute Gasteiger partial charge is 0.358 e. The van der Waals surface area contributed by atoms with Crippen molar-refractivity contribution in [2.24, 2.45) is 17.3 Å². The molecule has 0 aromatic heterocycles. The summed E-state index contributed by atoms with van der Waals surface area (Å²) in [6.07, 6.45) is 4.42. The van der Waals surface area contributed by atoms with E-state index in [1.165, 1.54) is 24.8 Å². The number of rotatable bonds is 1. The van der Waals surface area contributed by atoms with Crippen molar-refractivity contribution in [3.05, 3.63) is 35.9 Å². The molecule has 4 heteroatoms. The van der Waals surface area contributed by atoms with Gasteiger partial charge in [0.2, 0.25) is 0 Å². The van der Waals surface area contributed by atoms with Crippen molar-refractivity contribution in [2.45, 2.75) is 77.0 Å². The van der Waals surface area contributed by atoms with Crippen LogP contribution in [0.2, 0.25) is 0 Å². The molecular weight excluding hydrogens is 336 g/mol. The van der Waals surface area contributed by atoms with E-state index in [4.69, 9.17) is 9.57 Å². The van der Waals surface area contributed by atoms with Crippen LogP contribution in [0.5, 0.6) is 0 Å². The van der Waals surface area contributed by atoms with E-state index in [-0.39, 0.29) is 29.3 Å². The number of hydrogen-bond acceptors (Lipinski definition) is 4. The van der Waals surface area contributed by atoms with E-state index in [0.29, 0.717) is 12.0 Å². The lowest BCUT2D eigenvalue weighted by Gasteiger charge is -2.56. The van der Waals surface area contributed by atoms with E-state index in [9.17, 15) is 0 Å². The topological polar surface area (TPSA) is 24.9 Å². The van der Waals surface area contributed by atoms with Gasteiger partial charge in [0.05, 0.1) is 12.1 Å². The predicted molar refractivity (Wildman–Crippen MR) is 106 cm³/mol. The Morgan fingerprint density at radius 3 is 2.56 bits per heavy atom. The first-order chi connectivity index (χ1) is 12.8. The Morgan fingerprint density at radius 1 is 1.07 bits per heavy atom. The maximum absolute atomic E-state index is 6.86. The maximum atomic E-state index is 6.86. The molecule has 4 aliphatic rings. The highest BCUT2D eigenvalue weighted by Crippen LogP contribution is 2.59. The fraction of sp³-hybridized carbons (Fsp3) is 0.739. The van der Waals surface area contributed by atoms with Gasteiger partial charge in [-0.05, 0) is 38.2 Å². The fourth-order valence-electron chi connectivity index (χ4n) is 6.66. The molecule has 1 aromatic rings. The standard InChI is InChI=1S/C23H34N2O2/c1-15-11-12-17-18(13-15)26-21-19-23(4,14-25(21)22(17,2)3)20(27-24(19)5)16-9-7-6-8-10-16/h6-10,15,17-21H,11-14H2,1-5H3/t15-,17-,18-,19+,20+,21+,23-/m1/s1. The average Bonchev–Trinajstić information content (AvgIpc) is 3.07. The highest BCUT2D eigenvalue weighted by atomic mass is 16.7. The van der Waals surface area contributed by atoms with Crippen molar-refractivity contribution < 1.29 is 9.57 Å². The number of benzene rings is 1. The second kappa shape index (κ2) is 6.03. The molecule has 0 N–H and O–H groups in total. The second-order valence-corrected chi connectivity index (χ2v) is 10.3. The molecule has 1 aromatic carbocycles. The SMILES string of the molecule is C[C@@H]1CC[C@@H]2[C@@H](C1)O[C@H]1[C@@H]3N(C)O[C@@H](c4ccccc4)[C@]3(C)CN1C2(C)C. The number of likely N-dealkylation sites (N-methyl/N-ethyl adjacent to an activating group) is 1. The van der Waals surface area contributed by atoms with Crippen molar-refractivity contribution in [3.8, 4) is 0 Å². The molecule has 5 rings (SSSR count). The van der Waals surface area contributed by atoms with Gasteiger partial charge in [-0.1, -0.05) is 50.6 Å². The molecule has 7 atom stereocenters. The quantitative estimate of drug-likeness (QED) is 0.738. The molecule has 0 radical (unpaired) electrons. The van der Waals surface area contributed by atoms with Gasteiger partial charge in [0.1, 0.15) is 12.3 Å². The molecule has 4 nitrogen and oxygen atoms in total. The van der Waals surface area contributed by atoms with E-state index in [1.807, 2.05) is 0 Å². The molecular formula is C23H34N2O2. The van der Waals surface area contributed by atoms with Crippen LogP contribution in [0, 0.1) is 17.3 Å². The zero-order valence-electron chi connectivity index (χ0n) is 17.4. The van der Waals surface area contributed by atoms with Crippen LogP contribution < -0.4 is 0 Å². The minimum atomic E-state index is 0.0250. The number of hydroxylamine groups is 2. The summed E-state index contributed by atoms with van der Waals surface area (Å²) in [6.45, 7) is 10.7. The number of ether oxygens (including phenoxy) is 1. The lowest BCUT2D eigenvalue weighted by Crippen LogP contribution is -2.64. The Bertz CT molecular complexity index is 708. The smallest absolute Gasteiger partial charge is 0.130 e. The van der Waals surface area contributed by atoms with Crippen molar-refractivity contribution in [1.82, 2.24) is 9.96 Å². The summed E-state index contributed by atoms with van der Waals surface area (Å²) in [5.74, 6) is 1.41. The Hall–Kier alpha value is -0.940. The summed E-state index contributed by atoms with van der Waals surface area (Å²) in [4.78, 5) is 9.09. The van der Waals surface area contributed by atoms with Crippen LogP contribution in [-0.4, -0.2) is 47.5 Å². The summed E-state index contributed by atoms with van der Waals surface area (Å²) in [6, 6.07) is 11.0. The molecule has 0 spiro atoms. The van der Waals surface area contributed by atoms with Crippen molar-refractivity contribution >= 4 is 0 Å². The zero-order chi connectivity index (χ0) is 19.0. The van der Waals surface area contributed by atoms with Crippen LogP contribution in [0.4, 0.5) is 0 Å². The molecule has 3 aliphatic heterocycles. The second-order valence-electron chi connectivity index (χ2n) is 10.3. The zero-order valence-corrected chi connectivity index (χ0v) is 17.4. The minimum Gasteiger partial charge on any atom is -0.358 e. The van der Waals surface area contributed by atoms with Crippen LogP contribution in [0.1, 0.15) is 58.6 Å². The van der Waals surface area contributed by atoms with Gasteiger partial charge in [-0.15, -0.1) is 0 Å². The lowest BCUT2D eigenvalue weighted by molar-refractivity contribution is -0.256. The molecule has 0 amide bonds. The van der Waals surface area contributed by atoms with Gasteiger partial charge in [-0.25, -0.2) is 0 Å². The lowest BCUT2D eigenvalue weighted by atomic mass is 9.70. The van der Waals surface area contributed by atoms with E-state index in [1.54, 1.807) is 0 Å². The highest BCUT2D eigenvalue weighted by molar-refractivity contribution is 5.25. The predicted octanol–water partition coefficient (Wildman–Crippen LogP) is 4.23. The monoisotopic (exact) mass is 370 g/mol. The Kier molecular flexibility index (Phi) is 4.04. The number of nitrogens with zero attached hydrogens (tertiary/aromatic N) is 2. The number of fused-ring (bicyclic) bond motifs is 4. The van der Waals surface area contributed by atoms with Crippen LogP contribution in [0.25, 0.3) is 0 Å². The average molecular weight is 371 g/mol. The Morgan fingerprint density at radius 2 is 1.81 bits per heavy atom. The summed E-state index contributed by atoms with van der Waals surface area (Å²) in [7, 11) is 2.10. The van der Waals surface area contributed by atoms with Gasteiger partial charge in [0.25, 0.3) is 0 Å². The third-order valence-corrected chi connectivity index (χ3v) is 8.14. The first kappa shape index (κ1) is 18.1. The molecule has 27 heavy (non-hydrogen) atoms. The first-order valence-corrected chi connectivity index (χ1v) is 10.7. The van der Waals surface area contributed by atoms with Gasteiger partial charge in [-0.3, -0.25) is 9.74 Å². The van der Waals surface area contributed by atoms with E-state index in [2.05, 4.69) is 75.0 Å². The van der Waals surface area contributed by atoms with Gasteiger partial charge in [0, 0.05) is 30.5 Å². The van der Waals surface area contributed by atoms with Crippen LogP contribution in [-0.2, 0) is 9.57 Å². The minimum absolute atomic E-state index is 0.0250. The molecule has 1 aliphatic carbocycles. The summed E-state index contributed by atoms with van der Waals surface area (Å²) in [5.41, 5.74) is 1.47. The summed E-state index contributed by atoms with van der Waals surface area (Å²) < 4.78 is 6.86. The highest BCUT2D eigenvalue weighted by Gasteiger charge is 2.67. The Labute approximate surface area is 163 Å². The van der Waals surface area contributed by atoms with Gasteiger partial charge in [0.15, 0.2) is 0 Å². The third-order valence-electron chi connectivity index (χ3n) is 8.14. The number of hydrogen-bond donors (Lipinski definition) is 0. The fourth-order valence-corrected chi connectivity index (χ4v) is 6.66. The molecule has 3 saturated heterocycles. The maximum Gasteiger partial charge on any atom is 0.130 e. The van der Waals surface area contributed by atoms with Crippen molar-refractivity contribution in [1.29, 1.82) is 0 Å². The van der Waals surface area contributed by atoms with E-state index in [0.717, 1.165) is 12.5 Å². The molecule has 0 unspecified atom stereocenters. The van der Waals surface area contributed by atoms with Crippen LogP contribution in [0.3, 0.4) is 0 Å². The Balaban J connectivity index is 1.52. The van der Waals surface area contributed by atoms with Crippen LogP contribution >= 0.6 is 0 Å². The summed E-state index contributed by atoms with van der Waals surface area (Å²) >= 11 is 0. The first-order valence-electron chi connectivity index (χ1n) is 10.7. The molecule has 4 fully saturated rings. The third kappa shape index (κ3) is 2.50. The van der Waals surface area contributed by atoms with E-state index < -0.39 is 0 Å². The molecule has 3 heterocycles. The van der Waals surface area contributed by atoms with Gasteiger partial charge < -0.3 is 4.74 Å². The normalized spacial score (nSPS) is 46.7.